The number of halogens is 1. The highest BCUT2D eigenvalue weighted by atomic mass is 19.1. The first-order valence-corrected chi connectivity index (χ1v) is 8.05. The molecule has 0 bridgehead atoms. The number of nitrogens with zero attached hydrogens (tertiary/aromatic N) is 1. The van der Waals surface area contributed by atoms with Gasteiger partial charge in [0.1, 0.15) is 11.5 Å². The predicted molar refractivity (Wildman–Crippen MR) is 88.0 cm³/mol. The van der Waals surface area contributed by atoms with Crippen molar-refractivity contribution in [2.45, 2.75) is 19.3 Å². The minimum atomic E-state index is -0.556. The molecule has 1 aromatic heterocycles. The highest BCUT2D eigenvalue weighted by Crippen LogP contribution is 2.23. The molecule has 3 N–H and O–H groups in total. The van der Waals surface area contributed by atoms with E-state index in [0.29, 0.717) is 30.3 Å². The molecular weight excluding hydrogens is 309 g/mol. The second-order valence-electron chi connectivity index (χ2n) is 6.24. The molecule has 2 amide bonds. The fourth-order valence-electron chi connectivity index (χ4n) is 3.17. The second-order valence-corrected chi connectivity index (χ2v) is 6.24. The summed E-state index contributed by atoms with van der Waals surface area (Å²) in [7, 11) is 0. The van der Waals surface area contributed by atoms with Gasteiger partial charge in [-0.3, -0.25) is 9.59 Å². The van der Waals surface area contributed by atoms with E-state index in [1.54, 1.807) is 17.0 Å². The van der Waals surface area contributed by atoms with Gasteiger partial charge in [0.15, 0.2) is 0 Å². The molecule has 24 heavy (non-hydrogen) atoms. The average Bonchev–Trinajstić information content (AvgIpc) is 3.05. The number of aromatic amines is 1. The van der Waals surface area contributed by atoms with E-state index in [4.69, 9.17) is 5.73 Å². The molecule has 0 atom stereocenters. The summed E-state index contributed by atoms with van der Waals surface area (Å²) in [5, 5.41) is 0. The summed E-state index contributed by atoms with van der Waals surface area (Å²) in [6.07, 6.45) is 4.04. The van der Waals surface area contributed by atoms with Crippen LogP contribution in [0.4, 0.5) is 4.39 Å². The van der Waals surface area contributed by atoms with Crippen LogP contribution in [0.2, 0.25) is 0 Å². The Labute approximate surface area is 139 Å². The number of primary amides is 1. The van der Waals surface area contributed by atoms with E-state index in [0.717, 1.165) is 24.8 Å². The smallest absolute Gasteiger partial charge is 0.270 e. The molecule has 5 nitrogen and oxygen atoms in total. The maximum Gasteiger partial charge on any atom is 0.270 e. The minimum Gasteiger partial charge on any atom is -0.366 e. The van der Waals surface area contributed by atoms with Crippen LogP contribution in [0.1, 0.15) is 39.3 Å². The van der Waals surface area contributed by atoms with Gasteiger partial charge in [0, 0.05) is 19.3 Å². The van der Waals surface area contributed by atoms with E-state index in [2.05, 4.69) is 4.98 Å². The lowest BCUT2D eigenvalue weighted by molar-refractivity contribution is 0.0685. The average molecular weight is 329 g/mol. The zero-order valence-corrected chi connectivity index (χ0v) is 13.3. The van der Waals surface area contributed by atoms with Crippen LogP contribution in [-0.4, -0.2) is 34.8 Å². The SMILES string of the molecule is NC(=O)c1c[nH]c(C(=O)N2CCC(Cc3cccc(F)c3)CC2)c1. The Balaban J connectivity index is 1.56. The predicted octanol–water partition coefficient (Wildman–Crippen LogP) is 2.35. The number of benzene rings is 1. The van der Waals surface area contributed by atoms with E-state index in [1.807, 2.05) is 6.07 Å². The quantitative estimate of drug-likeness (QED) is 0.903. The molecule has 1 fully saturated rings. The summed E-state index contributed by atoms with van der Waals surface area (Å²) in [4.78, 5) is 28.1. The maximum absolute atomic E-state index is 13.2. The molecule has 1 aliphatic heterocycles. The van der Waals surface area contributed by atoms with Crippen LogP contribution >= 0.6 is 0 Å². The second kappa shape index (κ2) is 6.86. The molecule has 0 aliphatic carbocycles. The fourth-order valence-corrected chi connectivity index (χ4v) is 3.17. The number of piperidine rings is 1. The van der Waals surface area contributed by atoms with Gasteiger partial charge in [-0.2, -0.15) is 0 Å². The highest BCUT2D eigenvalue weighted by Gasteiger charge is 2.25. The van der Waals surface area contributed by atoms with E-state index in [1.165, 1.54) is 18.3 Å². The first-order valence-electron chi connectivity index (χ1n) is 8.05. The minimum absolute atomic E-state index is 0.119. The van der Waals surface area contributed by atoms with Gasteiger partial charge in [-0.05, 0) is 48.9 Å². The number of nitrogens with one attached hydrogen (secondary N) is 1. The number of hydrogen-bond acceptors (Lipinski definition) is 2. The van der Waals surface area contributed by atoms with Gasteiger partial charge in [0.25, 0.3) is 5.91 Å². The Morgan fingerprint density at radius 3 is 2.62 bits per heavy atom. The normalized spacial score (nSPS) is 15.5. The van der Waals surface area contributed by atoms with Crippen molar-refractivity contribution in [1.82, 2.24) is 9.88 Å². The molecule has 0 unspecified atom stereocenters. The van der Waals surface area contributed by atoms with Crippen LogP contribution < -0.4 is 5.73 Å². The number of nitrogens with two attached hydrogens (primary N) is 1. The molecule has 1 saturated heterocycles. The van der Waals surface area contributed by atoms with E-state index in [-0.39, 0.29) is 11.7 Å². The fraction of sp³-hybridized carbons (Fsp3) is 0.333. The summed E-state index contributed by atoms with van der Waals surface area (Å²) < 4.78 is 13.2. The van der Waals surface area contributed by atoms with Gasteiger partial charge in [0.2, 0.25) is 5.91 Å². The Bertz CT molecular complexity index is 748. The Morgan fingerprint density at radius 1 is 1.25 bits per heavy atom. The van der Waals surface area contributed by atoms with Crippen molar-refractivity contribution in [2.24, 2.45) is 11.7 Å². The maximum atomic E-state index is 13.2. The largest absolute Gasteiger partial charge is 0.366 e. The Hall–Kier alpha value is -2.63. The van der Waals surface area contributed by atoms with E-state index < -0.39 is 5.91 Å². The third-order valence-corrected chi connectivity index (χ3v) is 4.51. The lowest BCUT2D eigenvalue weighted by Gasteiger charge is -2.31. The van der Waals surface area contributed by atoms with Gasteiger partial charge < -0.3 is 15.6 Å². The molecule has 0 radical (unpaired) electrons. The van der Waals surface area contributed by atoms with Gasteiger partial charge in [-0.1, -0.05) is 12.1 Å². The van der Waals surface area contributed by atoms with Crippen molar-refractivity contribution in [1.29, 1.82) is 0 Å². The third-order valence-electron chi connectivity index (χ3n) is 4.51. The standard InChI is InChI=1S/C18H20FN3O2/c19-15-3-1-2-13(9-15)8-12-4-6-22(7-5-12)18(24)16-10-14(11-21-16)17(20)23/h1-3,9-12,21H,4-8H2,(H2,20,23). The number of amides is 2. The lowest BCUT2D eigenvalue weighted by Crippen LogP contribution is -2.39. The van der Waals surface area contributed by atoms with Gasteiger partial charge in [0.05, 0.1) is 5.56 Å². The molecule has 3 rings (SSSR count). The molecule has 1 aliphatic rings. The van der Waals surface area contributed by atoms with Crippen LogP contribution in [0.3, 0.4) is 0 Å². The molecule has 6 heteroatoms. The van der Waals surface area contributed by atoms with E-state index >= 15 is 0 Å². The number of aromatic nitrogens is 1. The topological polar surface area (TPSA) is 79.2 Å². The lowest BCUT2D eigenvalue weighted by atomic mass is 9.90. The first kappa shape index (κ1) is 16.2. The molecule has 0 spiro atoms. The summed E-state index contributed by atoms with van der Waals surface area (Å²) in [6, 6.07) is 8.17. The highest BCUT2D eigenvalue weighted by molar-refractivity contribution is 5.98. The van der Waals surface area contributed by atoms with Crippen LogP contribution in [-0.2, 0) is 6.42 Å². The zero-order valence-electron chi connectivity index (χ0n) is 13.3. The van der Waals surface area contributed by atoms with Gasteiger partial charge >= 0.3 is 0 Å². The molecule has 2 aromatic rings. The number of carbonyl (C=O) groups excluding carboxylic acids is 2. The van der Waals surface area contributed by atoms with Crippen LogP contribution in [0.5, 0.6) is 0 Å². The van der Waals surface area contributed by atoms with Gasteiger partial charge in [-0.25, -0.2) is 4.39 Å². The number of hydrogen-bond donors (Lipinski definition) is 2. The molecule has 2 heterocycles. The summed E-state index contributed by atoms with van der Waals surface area (Å²) in [5.74, 6) is -0.441. The summed E-state index contributed by atoms with van der Waals surface area (Å²) in [6.45, 7) is 1.31. The zero-order chi connectivity index (χ0) is 17.1. The first-order chi connectivity index (χ1) is 11.5. The molecule has 0 saturated carbocycles. The summed E-state index contributed by atoms with van der Waals surface area (Å²) in [5.41, 5.74) is 6.88. The van der Waals surface area contributed by atoms with Crippen molar-refractivity contribution in [3.63, 3.8) is 0 Å². The molecule has 126 valence electrons. The number of H-pyrrole nitrogens is 1. The van der Waals surface area contributed by atoms with Crippen LogP contribution in [0.15, 0.2) is 36.5 Å². The Morgan fingerprint density at radius 2 is 2.00 bits per heavy atom. The molecule has 1 aromatic carbocycles. The van der Waals surface area contributed by atoms with E-state index in [9.17, 15) is 14.0 Å². The van der Waals surface area contributed by atoms with Crippen LogP contribution in [0.25, 0.3) is 0 Å². The Kier molecular flexibility index (Phi) is 4.64. The summed E-state index contributed by atoms with van der Waals surface area (Å²) >= 11 is 0. The molecular formula is C18H20FN3O2. The number of carbonyl (C=O) groups is 2. The van der Waals surface area contributed by atoms with Crippen molar-refractivity contribution in [3.8, 4) is 0 Å². The number of likely N-dealkylation sites (tertiary alicyclic amines) is 1. The third kappa shape index (κ3) is 3.64. The number of rotatable bonds is 4. The van der Waals surface area contributed by atoms with Crippen molar-refractivity contribution >= 4 is 11.8 Å². The monoisotopic (exact) mass is 329 g/mol. The van der Waals surface area contributed by atoms with Crippen molar-refractivity contribution < 1.29 is 14.0 Å². The van der Waals surface area contributed by atoms with Crippen molar-refractivity contribution in [2.75, 3.05) is 13.1 Å². The van der Waals surface area contributed by atoms with Gasteiger partial charge in [-0.15, -0.1) is 0 Å². The van der Waals surface area contributed by atoms with Crippen LogP contribution in [0, 0.1) is 11.7 Å². The van der Waals surface area contributed by atoms with Crippen molar-refractivity contribution in [3.05, 3.63) is 59.2 Å².